The van der Waals surface area contributed by atoms with Crippen LogP contribution in [0, 0.1) is 5.92 Å². The molecular formula is C17H23N3O2S. The fourth-order valence-corrected chi connectivity index (χ4v) is 4.32. The fourth-order valence-electron chi connectivity index (χ4n) is 3.39. The molecule has 0 spiro atoms. The maximum atomic E-state index is 12.7. The summed E-state index contributed by atoms with van der Waals surface area (Å²) < 4.78 is 0. The minimum absolute atomic E-state index is 0.0125. The molecule has 1 fully saturated rings. The molecule has 0 bridgehead atoms. The normalized spacial score (nSPS) is 24.3. The van der Waals surface area contributed by atoms with Crippen molar-refractivity contribution < 1.29 is 9.59 Å². The van der Waals surface area contributed by atoms with Gasteiger partial charge in [0.1, 0.15) is 6.54 Å². The summed E-state index contributed by atoms with van der Waals surface area (Å²) in [5.41, 5.74) is 0.860. The van der Waals surface area contributed by atoms with Crippen molar-refractivity contribution >= 4 is 29.3 Å². The van der Waals surface area contributed by atoms with E-state index in [2.05, 4.69) is 25.9 Å². The van der Waals surface area contributed by atoms with Crippen LogP contribution in [-0.4, -0.2) is 67.1 Å². The summed E-state index contributed by atoms with van der Waals surface area (Å²) >= 11 is 1.54. The average molecular weight is 333 g/mol. The molecule has 6 heteroatoms. The highest BCUT2D eigenvalue weighted by atomic mass is 32.2. The number of thioether (sulfide) groups is 1. The summed E-state index contributed by atoms with van der Waals surface area (Å²) in [4.78, 5) is 31.7. The largest absolute Gasteiger partial charge is 0.339 e. The zero-order valence-corrected chi connectivity index (χ0v) is 14.7. The van der Waals surface area contributed by atoms with E-state index in [-0.39, 0.29) is 18.4 Å². The molecule has 5 nitrogen and oxygen atoms in total. The number of carbonyl (C=O) groups excluding carboxylic acids is 2. The second-order valence-corrected chi connectivity index (χ2v) is 7.56. The summed E-state index contributed by atoms with van der Waals surface area (Å²) in [6, 6.07) is 8.19. The molecule has 2 atom stereocenters. The van der Waals surface area contributed by atoms with Gasteiger partial charge in [-0.2, -0.15) is 0 Å². The SMILES string of the molecule is C[C@H]1CN(C(=O)CN2C(=O)CSc3ccccc32)C[C@H]1N(C)C. The number of nitrogens with zero attached hydrogens (tertiary/aromatic N) is 3. The highest BCUT2D eigenvalue weighted by Crippen LogP contribution is 2.35. The van der Waals surface area contributed by atoms with Gasteiger partial charge in [-0.15, -0.1) is 11.8 Å². The van der Waals surface area contributed by atoms with Crippen LogP contribution >= 0.6 is 11.8 Å². The van der Waals surface area contributed by atoms with Gasteiger partial charge in [0.2, 0.25) is 11.8 Å². The van der Waals surface area contributed by atoms with E-state index in [1.807, 2.05) is 29.2 Å². The minimum Gasteiger partial charge on any atom is -0.339 e. The number of likely N-dealkylation sites (tertiary alicyclic amines) is 1. The summed E-state index contributed by atoms with van der Waals surface area (Å²) in [5, 5.41) is 0. The van der Waals surface area contributed by atoms with Crippen LogP contribution in [0.3, 0.4) is 0 Å². The Morgan fingerprint density at radius 2 is 2.04 bits per heavy atom. The van der Waals surface area contributed by atoms with Gasteiger partial charge >= 0.3 is 0 Å². The first-order chi connectivity index (χ1) is 11.0. The number of anilines is 1. The molecule has 2 aliphatic heterocycles. The minimum atomic E-state index is 0.0125. The van der Waals surface area contributed by atoms with E-state index in [4.69, 9.17) is 0 Å². The Kier molecular flexibility index (Phi) is 4.64. The Morgan fingerprint density at radius 1 is 1.30 bits per heavy atom. The smallest absolute Gasteiger partial charge is 0.242 e. The Balaban J connectivity index is 1.72. The number of fused-ring (bicyclic) bond motifs is 1. The van der Waals surface area contributed by atoms with Gasteiger partial charge in [0.15, 0.2) is 0 Å². The van der Waals surface area contributed by atoms with Gasteiger partial charge in [-0.05, 0) is 32.1 Å². The molecule has 1 saturated heterocycles. The molecule has 2 aliphatic rings. The Labute approximate surface area is 141 Å². The molecule has 2 heterocycles. The lowest BCUT2D eigenvalue weighted by Crippen LogP contribution is -2.45. The van der Waals surface area contributed by atoms with Gasteiger partial charge in [-0.1, -0.05) is 19.1 Å². The number of hydrogen-bond donors (Lipinski definition) is 0. The third-order valence-electron chi connectivity index (χ3n) is 4.69. The number of rotatable bonds is 3. The standard InChI is InChI=1S/C17H23N3O2S/c1-12-8-19(9-14(12)18(2)3)16(21)10-20-13-6-4-5-7-15(13)23-11-17(20)22/h4-7,12,14H,8-11H2,1-3H3/t12-,14+/m0/s1. The van der Waals surface area contributed by atoms with E-state index in [0.29, 0.717) is 17.7 Å². The molecule has 0 radical (unpaired) electrons. The first-order valence-corrected chi connectivity index (χ1v) is 8.92. The van der Waals surface area contributed by atoms with Crippen molar-refractivity contribution in [2.45, 2.75) is 17.9 Å². The van der Waals surface area contributed by atoms with Crippen molar-refractivity contribution in [3.8, 4) is 0 Å². The predicted molar refractivity (Wildman–Crippen MR) is 92.7 cm³/mol. The van der Waals surface area contributed by atoms with Crippen LogP contribution in [0.25, 0.3) is 0 Å². The van der Waals surface area contributed by atoms with E-state index in [0.717, 1.165) is 23.7 Å². The van der Waals surface area contributed by atoms with Crippen molar-refractivity contribution in [1.82, 2.24) is 9.80 Å². The zero-order chi connectivity index (χ0) is 16.6. The van der Waals surface area contributed by atoms with Crippen LogP contribution in [0.15, 0.2) is 29.2 Å². The van der Waals surface area contributed by atoms with Crippen LogP contribution in [-0.2, 0) is 9.59 Å². The summed E-state index contributed by atoms with van der Waals surface area (Å²) in [7, 11) is 4.10. The van der Waals surface area contributed by atoms with Crippen LogP contribution in [0.5, 0.6) is 0 Å². The number of amides is 2. The quantitative estimate of drug-likeness (QED) is 0.841. The second-order valence-electron chi connectivity index (χ2n) is 6.54. The van der Waals surface area contributed by atoms with Crippen LogP contribution in [0.2, 0.25) is 0 Å². The second kappa shape index (κ2) is 6.53. The monoisotopic (exact) mass is 333 g/mol. The third-order valence-corrected chi connectivity index (χ3v) is 5.74. The van der Waals surface area contributed by atoms with Gasteiger partial charge in [-0.25, -0.2) is 0 Å². The molecule has 2 amide bonds. The van der Waals surface area contributed by atoms with Crippen molar-refractivity contribution in [1.29, 1.82) is 0 Å². The molecule has 1 aromatic rings. The van der Waals surface area contributed by atoms with E-state index >= 15 is 0 Å². The van der Waals surface area contributed by atoms with Crippen LogP contribution < -0.4 is 4.90 Å². The number of carbonyl (C=O) groups is 2. The van der Waals surface area contributed by atoms with Gasteiger partial charge in [0.25, 0.3) is 0 Å². The van der Waals surface area contributed by atoms with Gasteiger partial charge in [0.05, 0.1) is 11.4 Å². The number of para-hydroxylation sites is 1. The lowest BCUT2D eigenvalue weighted by molar-refractivity contribution is -0.130. The predicted octanol–water partition coefficient (Wildman–Crippen LogP) is 1.53. The fraction of sp³-hybridized carbons (Fsp3) is 0.529. The van der Waals surface area contributed by atoms with Crippen molar-refractivity contribution in [2.24, 2.45) is 5.92 Å². The number of likely N-dealkylation sites (N-methyl/N-ethyl adjacent to an activating group) is 1. The van der Waals surface area contributed by atoms with Gasteiger partial charge in [-0.3, -0.25) is 9.59 Å². The van der Waals surface area contributed by atoms with E-state index in [1.165, 1.54) is 0 Å². The molecule has 3 rings (SSSR count). The maximum Gasteiger partial charge on any atom is 0.242 e. The zero-order valence-electron chi connectivity index (χ0n) is 13.9. The molecule has 1 aromatic carbocycles. The van der Waals surface area contributed by atoms with Crippen molar-refractivity contribution in [2.75, 3.05) is 44.4 Å². The van der Waals surface area contributed by atoms with Gasteiger partial charge in [0, 0.05) is 24.0 Å². The van der Waals surface area contributed by atoms with E-state index in [9.17, 15) is 9.59 Å². The van der Waals surface area contributed by atoms with E-state index < -0.39 is 0 Å². The maximum absolute atomic E-state index is 12.7. The number of hydrogen-bond acceptors (Lipinski definition) is 4. The first-order valence-electron chi connectivity index (χ1n) is 7.93. The topological polar surface area (TPSA) is 43.9 Å². The Bertz CT molecular complexity index is 620. The Morgan fingerprint density at radius 3 is 2.74 bits per heavy atom. The number of benzene rings is 1. The lowest BCUT2D eigenvalue weighted by atomic mass is 10.1. The highest BCUT2D eigenvalue weighted by molar-refractivity contribution is 8.00. The summed E-state index contributed by atoms with van der Waals surface area (Å²) in [5.74, 6) is 0.907. The Hall–Kier alpha value is -1.53. The summed E-state index contributed by atoms with van der Waals surface area (Å²) in [6.07, 6.45) is 0. The molecule has 0 N–H and O–H groups in total. The van der Waals surface area contributed by atoms with Gasteiger partial charge < -0.3 is 14.7 Å². The highest BCUT2D eigenvalue weighted by Gasteiger charge is 2.35. The third kappa shape index (κ3) is 3.23. The van der Waals surface area contributed by atoms with Crippen molar-refractivity contribution in [3.63, 3.8) is 0 Å². The molecule has 0 aliphatic carbocycles. The molecule has 0 aromatic heterocycles. The molecule has 0 unspecified atom stereocenters. The first kappa shape index (κ1) is 16.3. The van der Waals surface area contributed by atoms with Crippen LogP contribution in [0.1, 0.15) is 6.92 Å². The molecule has 23 heavy (non-hydrogen) atoms. The molecular weight excluding hydrogens is 310 g/mol. The van der Waals surface area contributed by atoms with Crippen molar-refractivity contribution in [3.05, 3.63) is 24.3 Å². The molecule has 0 saturated carbocycles. The summed E-state index contributed by atoms with van der Waals surface area (Å²) in [6.45, 7) is 3.82. The lowest BCUT2D eigenvalue weighted by Gasteiger charge is -2.30. The van der Waals surface area contributed by atoms with E-state index in [1.54, 1.807) is 16.7 Å². The molecule has 124 valence electrons. The van der Waals surface area contributed by atoms with Crippen LogP contribution in [0.4, 0.5) is 5.69 Å². The average Bonchev–Trinajstić information content (AvgIpc) is 2.92.